The molecule has 2 rings (SSSR count). The van der Waals surface area contributed by atoms with Crippen LogP contribution in [0.2, 0.25) is 0 Å². The molecule has 24 heavy (non-hydrogen) atoms. The number of rotatable bonds is 6. The number of carbonyl (C=O) groups excluding carboxylic acids is 1. The SMILES string of the molecule is C/C(=N/NC(=O)COc1c(C)cccc1C)c1ccc(C(=O)O)s1. The Labute approximate surface area is 143 Å². The van der Waals surface area contributed by atoms with Gasteiger partial charge >= 0.3 is 5.97 Å². The number of hydrogen-bond acceptors (Lipinski definition) is 5. The third-order valence-corrected chi connectivity index (χ3v) is 4.46. The first-order valence-corrected chi connectivity index (χ1v) is 8.05. The van der Waals surface area contributed by atoms with Crippen molar-refractivity contribution in [3.63, 3.8) is 0 Å². The summed E-state index contributed by atoms with van der Waals surface area (Å²) in [6.45, 7) is 5.39. The summed E-state index contributed by atoms with van der Waals surface area (Å²) in [6, 6.07) is 8.93. The predicted molar refractivity (Wildman–Crippen MR) is 93.0 cm³/mol. The Morgan fingerprint density at radius 3 is 2.38 bits per heavy atom. The molecule has 0 atom stereocenters. The molecule has 6 nitrogen and oxygen atoms in total. The van der Waals surface area contributed by atoms with Gasteiger partial charge in [-0.05, 0) is 44.0 Å². The van der Waals surface area contributed by atoms with Crippen LogP contribution in [0.1, 0.15) is 32.6 Å². The minimum atomic E-state index is -0.981. The van der Waals surface area contributed by atoms with E-state index in [1.807, 2.05) is 32.0 Å². The number of thiophene rings is 1. The van der Waals surface area contributed by atoms with Crippen molar-refractivity contribution in [1.82, 2.24) is 5.43 Å². The monoisotopic (exact) mass is 346 g/mol. The lowest BCUT2D eigenvalue weighted by atomic mass is 10.1. The van der Waals surface area contributed by atoms with Gasteiger partial charge in [0.1, 0.15) is 10.6 Å². The van der Waals surface area contributed by atoms with E-state index in [1.165, 1.54) is 6.07 Å². The van der Waals surface area contributed by atoms with Crippen LogP contribution in [0.15, 0.2) is 35.4 Å². The summed E-state index contributed by atoms with van der Waals surface area (Å²) in [4.78, 5) is 23.6. The molecule has 1 amide bonds. The number of carboxylic acids is 1. The number of carboxylic acid groups (broad SMARTS) is 1. The minimum absolute atomic E-state index is 0.146. The molecule has 1 heterocycles. The number of aryl methyl sites for hydroxylation is 2. The molecule has 0 bridgehead atoms. The lowest BCUT2D eigenvalue weighted by Crippen LogP contribution is -2.25. The summed E-state index contributed by atoms with van der Waals surface area (Å²) in [5, 5.41) is 12.9. The number of ether oxygens (including phenoxy) is 1. The van der Waals surface area contributed by atoms with Crippen molar-refractivity contribution in [1.29, 1.82) is 0 Å². The van der Waals surface area contributed by atoms with Crippen LogP contribution in [0.4, 0.5) is 0 Å². The number of nitrogens with one attached hydrogen (secondary N) is 1. The predicted octanol–water partition coefficient (Wildman–Crippen LogP) is 2.98. The number of para-hydroxylation sites is 1. The third kappa shape index (κ3) is 4.42. The minimum Gasteiger partial charge on any atom is -0.483 e. The van der Waals surface area contributed by atoms with Crippen LogP contribution < -0.4 is 10.2 Å². The van der Waals surface area contributed by atoms with Gasteiger partial charge in [0.2, 0.25) is 0 Å². The second-order valence-corrected chi connectivity index (χ2v) is 6.29. The molecular weight excluding hydrogens is 328 g/mol. The van der Waals surface area contributed by atoms with E-state index in [1.54, 1.807) is 13.0 Å². The van der Waals surface area contributed by atoms with Gasteiger partial charge in [0.15, 0.2) is 6.61 Å². The van der Waals surface area contributed by atoms with E-state index in [0.717, 1.165) is 22.5 Å². The van der Waals surface area contributed by atoms with E-state index in [2.05, 4.69) is 10.5 Å². The summed E-state index contributed by atoms with van der Waals surface area (Å²) in [6.07, 6.45) is 0. The van der Waals surface area contributed by atoms with Crippen molar-refractivity contribution in [3.8, 4) is 5.75 Å². The van der Waals surface area contributed by atoms with Gasteiger partial charge in [-0.2, -0.15) is 5.10 Å². The van der Waals surface area contributed by atoms with Gasteiger partial charge in [-0.15, -0.1) is 11.3 Å². The van der Waals surface area contributed by atoms with Crippen molar-refractivity contribution < 1.29 is 19.4 Å². The van der Waals surface area contributed by atoms with Crippen molar-refractivity contribution in [2.45, 2.75) is 20.8 Å². The fourth-order valence-electron chi connectivity index (χ4n) is 2.05. The zero-order chi connectivity index (χ0) is 17.7. The van der Waals surface area contributed by atoms with Gasteiger partial charge in [0.25, 0.3) is 5.91 Å². The number of hydrazone groups is 1. The van der Waals surface area contributed by atoms with E-state index in [-0.39, 0.29) is 17.4 Å². The van der Waals surface area contributed by atoms with Crippen LogP contribution in [0.5, 0.6) is 5.75 Å². The smallest absolute Gasteiger partial charge is 0.345 e. The lowest BCUT2D eigenvalue weighted by Gasteiger charge is -2.10. The summed E-state index contributed by atoms with van der Waals surface area (Å²) < 4.78 is 5.55. The van der Waals surface area contributed by atoms with Crippen LogP contribution in [-0.4, -0.2) is 29.3 Å². The van der Waals surface area contributed by atoms with Gasteiger partial charge in [0.05, 0.1) is 10.6 Å². The highest BCUT2D eigenvalue weighted by Crippen LogP contribution is 2.22. The zero-order valence-electron chi connectivity index (χ0n) is 13.6. The topological polar surface area (TPSA) is 88.0 Å². The van der Waals surface area contributed by atoms with Gasteiger partial charge in [-0.1, -0.05) is 18.2 Å². The maximum atomic E-state index is 11.9. The van der Waals surface area contributed by atoms with Crippen LogP contribution in [0, 0.1) is 13.8 Å². The molecule has 0 spiro atoms. The molecule has 2 N–H and O–H groups in total. The van der Waals surface area contributed by atoms with Crippen molar-refractivity contribution in [2.24, 2.45) is 5.10 Å². The molecule has 2 aromatic rings. The molecule has 7 heteroatoms. The first-order chi connectivity index (χ1) is 11.4. The Kier molecular flexibility index (Phi) is 5.70. The second kappa shape index (κ2) is 7.74. The van der Waals surface area contributed by atoms with Crippen LogP contribution in [-0.2, 0) is 4.79 Å². The lowest BCUT2D eigenvalue weighted by molar-refractivity contribution is -0.123. The summed E-state index contributed by atoms with van der Waals surface area (Å²) in [5.74, 6) is -0.671. The Hall–Kier alpha value is -2.67. The zero-order valence-corrected chi connectivity index (χ0v) is 14.4. The van der Waals surface area contributed by atoms with E-state index < -0.39 is 5.97 Å². The molecule has 126 valence electrons. The molecule has 1 aromatic carbocycles. The largest absolute Gasteiger partial charge is 0.483 e. The molecule has 0 unspecified atom stereocenters. The second-order valence-electron chi connectivity index (χ2n) is 5.21. The fourth-order valence-corrected chi connectivity index (χ4v) is 2.84. The number of hydrogen-bond donors (Lipinski definition) is 2. The third-order valence-electron chi connectivity index (χ3n) is 3.28. The van der Waals surface area contributed by atoms with Crippen LogP contribution in [0.25, 0.3) is 0 Å². The van der Waals surface area contributed by atoms with Gasteiger partial charge in [-0.25, -0.2) is 10.2 Å². The summed E-state index contributed by atoms with van der Waals surface area (Å²) >= 11 is 1.10. The van der Waals surface area contributed by atoms with Crippen molar-refractivity contribution in [3.05, 3.63) is 51.2 Å². The summed E-state index contributed by atoms with van der Waals surface area (Å²) in [7, 11) is 0. The Morgan fingerprint density at radius 2 is 1.79 bits per heavy atom. The Balaban J connectivity index is 1.93. The van der Waals surface area contributed by atoms with Gasteiger partial charge in [0, 0.05) is 0 Å². The number of amides is 1. The average molecular weight is 346 g/mol. The molecule has 0 aliphatic heterocycles. The van der Waals surface area contributed by atoms with E-state index in [9.17, 15) is 9.59 Å². The van der Waals surface area contributed by atoms with E-state index >= 15 is 0 Å². The maximum Gasteiger partial charge on any atom is 0.345 e. The Bertz CT molecular complexity index is 775. The van der Waals surface area contributed by atoms with E-state index in [4.69, 9.17) is 9.84 Å². The highest BCUT2D eigenvalue weighted by atomic mass is 32.1. The number of carbonyl (C=O) groups is 2. The quantitative estimate of drug-likeness (QED) is 0.622. The maximum absolute atomic E-state index is 11.9. The summed E-state index contributed by atoms with van der Waals surface area (Å²) in [5.41, 5.74) is 4.87. The molecule has 0 aliphatic carbocycles. The normalized spacial score (nSPS) is 11.2. The average Bonchev–Trinajstić information content (AvgIpc) is 3.02. The number of nitrogens with zero attached hydrogens (tertiary/aromatic N) is 1. The molecule has 0 saturated heterocycles. The standard InChI is InChI=1S/C17H18N2O4S/c1-10-5-4-6-11(2)16(10)23-9-15(20)19-18-12(3)13-7-8-14(24-13)17(21)22/h4-8H,9H2,1-3H3,(H,19,20)(H,21,22)/b18-12-. The van der Waals surface area contributed by atoms with E-state index in [0.29, 0.717) is 16.3 Å². The molecule has 0 fully saturated rings. The van der Waals surface area contributed by atoms with Crippen LogP contribution in [0.3, 0.4) is 0 Å². The molecule has 0 radical (unpaired) electrons. The van der Waals surface area contributed by atoms with Gasteiger partial charge < -0.3 is 9.84 Å². The molecule has 0 saturated carbocycles. The first kappa shape index (κ1) is 17.7. The number of benzene rings is 1. The molecule has 0 aliphatic rings. The van der Waals surface area contributed by atoms with Gasteiger partial charge in [-0.3, -0.25) is 4.79 Å². The number of aromatic carboxylic acids is 1. The van der Waals surface area contributed by atoms with Crippen molar-refractivity contribution in [2.75, 3.05) is 6.61 Å². The molecular formula is C17H18N2O4S. The fraction of sp³-hybridized carbons (Fsp3) is 0.235. The Morgan fingerprint density at radius 1 is 1.17 bits per heavy atom. The van der Waals surface area contributed by atoms with Crippen molar-refractivity contribution >= 4 is 28.9 Å². The van der Waals surface area contributed by atoms with Crippen LogP contribution >= 0.6 is 11.3 Å². The first-order valence-electron chi connectivity index (χ1n) is 7.24. The highest BCUT2D eigenvalue weighted by molar-refractivity contribution is 7.15. The highest BCUT2D eigenvalue weighted by Gasteiger charge is 2.10. The molecule has 1 aromatic heterocycles.